The van der Waals surface area contributed by atoms with Crippen molar-refractivity contribution in [3.8, 4) is 5.75 Å². The average Bonchev–Trinajstić information content (AvgIpc) is 2.94. The highest BCUT2D eigenvalue weighted by atomic mass is 19.1. The molecule has 11 nitrogen and oxygen atoms in total. The van der Waals surface area contributed by atoms with Gasteiger partial charge in [-0.15, -0.1) is 0 Å². The molecule has 3 aliphatic rings. The monoisotopic (exact) mass is 543 g/mol. The molecule has 3 aliphatic heterocycles. The number of rotatable bonds is 6. The van der Waals surface area contributed by atoms with Gasteiger partial charge in [0.05, 0.1) is 13.2 Å². The van der Waals surface area contributed by atoms with E-state index in [0.717, 1.165) is 24.2 Å². The summed E-state index contributed by atoms with van der Waals surface area (Å²) < 4.78 is 27.0. The molecule has 0 bridgehead atoms. The minimum Gasteiger partial charge on any atom is -0.501 e. The van der Waals surface area contributed by atoms with Crippen LogP contribution in [0, 0.1) is 5.82 Å². The molecule has 0 unspecified atom stereocenters. The van der Waals surface area contributed by atoms with Crippen molar-refractivity contribution in [2.45, 2.75) is 44.9 Å². The van der Waals surface area contributed by atoms with E-state index in [2.05, 4.69) is 15.2 Å². The van der Waals surface area contributed by atoms with E-state index in [1.54, 1.807) is 13.0 Å². The van der Waals surface area contributed by atoms with Crippen molar-refractivity contribution < 1.29 is 28.6 Å². The number of aromatic hydroxyl groups is 1. The minimum atomic E-state index is -0.835. The van der Waals surface area contributed by atoms with Gasteiger partial charge in [0.15, 0.2) is 5.69 Å². The van der Waals surface area contributed by atoms with E-state index in [0.29, 0.717) is 64.5 Å². The number of nitrogens with zero attached hydrogens (tertiary/aromatic N) is 4. The smallest absolute Gasteiger partial charge is 0.296 e. The molecule has 2 fully saturated rings. The first-order valence-electron chi connectivity index (χ1n) is 13.4. The van der Waals surface area contributed by atoms with Crippen molar-refractivity contribution in [2.24, 2.45) is 0 Å². The quantitative estimate of drug-likeness (QED) is 0.547. The number of benzene rings is 1. The number of nitrogens with one attached hydrogen (secondary N) is 1. The van der Waals surface area contributed by atoms with Gasteiger partial charge in [0, 0.05) is 72.2 Å². The number of carbonyl (C=O) groups is 2. The number of halogens is 1. The van der Waals surface area contributed by atoms with Crippen molar-refractivity contribution in [1.82, 2.24) is 24.7 Å². The molecule has 4 heterocycles. The van der Waals surface area contributed by atoms with E-state index in [-0.39, 0.29) is 30.5 Å². The molecular formula is C27H34FN5O6. The van der Waals surface area contributed by atoms with Gasteiger partial charge in [-0.2, -0.15) is 0 Å². The number of piperazine rings is 1. The van der Waals surface area contributed by atoms with E-state index in [4.69, 9.17) is 9.47 Å². The third-order valence-corrected chi connectivity index (χ3v) is 7.88. The third kappa shape index (κ3) is 5.68. The Balaban J connectivity index is 1.29. The molecule has 1 aromatic carbocycles. The summed E-state index contributed by atoms with van der Waals surface area (Å²) in [4.78, 5) is 46.2. The standard InChI is InChI=1S/C27H34FN5O6/c1-18(34)32-10-8-31(9-11-32)7-4-19-16-21(28)3-2-20(19)17-29-24(36)22-23(35)25(37)33-12-15-39-27(26(33)30-22)5-13-38-14-6-27/h2-3,16,35H,4-15,17H2,1H3,(H,29,36). The number of amides is 2. The number of hydrogen-bond donors (Lipinski definition) is 2. The van der Waals surface area contributed by atoms with Crippen molar-refractivity contribution in [3.63, 3.8) is 0 Å². The summed E-state index contributed by atoms with van der Waals surface area (Å²) in [6.45, 7) is 6.57. The highest BCUT2D eigenvalue weighted by molar-refractivity contribution is 5.94. The summed E-state index contributed by atoms with van der Waals surface area (Å²) in [5, 5.41) is 13.3. The van der Waals surface area contributed by atoms with Crippen molar-refractivity contribution in [1.29, 1.82) is 0 Å². The van der Waals surface area contributed by atoms with Crippen molar-refractivity contribution >= 4 is 11.8 Å². The zero-order valence-electron chi connectivity index (χ0n) is 22.1. The Bertz CT molecular complexity index is 1300. The van der Waals surface area contributed by atoms with Crippen LogP contribution in [0.3, 0.4) is 0 Å². The summed E-state index contributed by atoms with van der Waals surface area (Å²) in [6, 6.07) is 4.42. The normalized spacial score (nSPS) is 19.1. The average molecular weight is 544 g/mol. The van der Waals surface area contributed by atoms with Crippen LogP contribution in [0.25, 0.3) is 0 Å². The molecule has 0 radical (unpaired) electrons. The number of fused-ring (bicyclic) bond motifs is 2. The van der Waals surface area contributed by atoms with Gasteiger partial charge in [-0.1, -0.05) is 6.07 Å². The summed E-state index contributed by atoms with van der Waals surface area (Å²) in [6.07, 6.45) is 1.55. The number of aromatic nitrogens is 2. The fourth-order valence-corrected chi connectivity index (χ4v) is 5.55. The molecule has 2 N–H and O–H groups in total. The molecule has 1 spiro atoms. The summed E-state index contributed by atoms with van der Waals surface area (Å²) >= 11 is 0. The maximum Gasteiger partial charge on any atom is 0.296 e. The first-order chi connectivity index (χ1) is 18.8. The SMILES string of the molecule is CC(=O)N1CCN(CCc2cc(F)ccc2CNC(=O)c2nc3n(c(=O)c2O)CCOC32CCOCC2)CC1. The van der Waals surface area contributed by atoms with Crippen LogP contribution in [0.5, 0.6) is 5.75 Å². The van der Waals surface area contributed by atoms with E-state index >= 15 is 0 Å². The summed E-state index contributed by atoms with van der Waals surface area (Å²) in [7, 11) is 0. The molecule has 2 amide bonds. The highest BCUT2D eigenvalue weighted by Gasteiger charge is 2.43. The van der Waals surface area contributed by atoms with Crippen LogP contribution in [0.1, 0.15) is 47.2 Å². The Morgan fingerprint density at radius 3 is 2.56 bits per heavy atom. The van der Waals surface area contributed by atoms with Gasteiger partial charge in [-0.3, -0.25) is 23.9 Å². The predicted molar refractivity (Wildman–Crippen MR) is 138 cm³/mol. The second-order valence-corrected chi connectivity index (χ2v) is 10.2. The highest BCUT2D eigenvalue weighted by Crippen LogP contribution is 2.37. The Labute approximate surface area is 225 Å². The lowest BCUT2D eigenvalue weighted by Gasteiger charge is -2.40. The number of hydrogen-bond acceptors (Lipinski definition) is 8. The second kappa shape index (κ2) is 11.4. The van der Waals surface area contributed by atoms with E-state index in [1.807, 2.05) is 4.90 Å². The lowest BCUT2D eigenvalue weighted by molar-refractivity contribution is -0.139. The Kier molecular flexibility index (Phi) is 7.96. The molecule has 0 aliphatic carbocycles. The molecule has 0 saturated carbocycles. The number of carbonyl (C=O) groups excluding carboxylic acids is 2. The Morgan fingerprint density at radius 2 is 1.85 bits per heavy atom. The van der Waals surface area contributed by atoms with Crippen LogP contribution in [-0.4, -0.2) is 88.8 Å². The summed E-state index contributed by atoms with van der Waals surface area (Å²) in [5.41, 5.74) is -0.383. The molecule has 39 heavy (non-hydrogen) atoms. The molecule has 2 aromatic rings. The molecule has 5 rings (SSSR count). The van der Waals surface area contributed by atoms with Gasteiger partial charge in [-0.25, -0.2) is 9.37 Å². The Hall–Kier alpha value is -3.35. The fourth-order valence-electron chi connectivity index (χ4n) is 5.55. The first kappa shape index (κ1) is 27.2. The summed E-state index contributed by atoms with van der Waals surface area (Å²) in [5.74, 6) is -1.38. The lowest BCUT2D eigenvalue weighted by atomic mass is 9.91. The second-order valence-electron chi connectivity index (χ2n) is 10.2. The number of ether oxygens (including phenoxy) is 2. The third-order valence-electron chi connectivity index (χ3n) is 7.88. The zero-order chi connectivity index (χ0) is 27.6. The van der Waals surface area contributed by atoms with E-state index in [1.165, 1.54) is 16.7 Å². The van der Waals surface area contributed by atoms with Gasteiger partial charge in [0.25, 0.3) is 11.5 Å². The predicted octanol–water partition coefficient (Wildman–Crippen LogP) is 0.761. The Morgan fingerprint density at radius 1 is 1.10 bits per heavy atom. The first-order valence-corrected chi connectivity index (χ1v) is 13.4. The van der Waals surface area contributed by atoms with Crippen LogP contribution < -0.4 is 10.9 Å². The van der Waals surface area contributed by atoms with Crippen LogP contribution >= 0.6 is 0 Å². The van der Waals surface area contributed by atoms with Crippen LogP contribution in [0.4, 0.5) is 4.39 Å². The topological polar surface area (TPSA) is 126 Å². The van der Waals surface area contributed by atoms with E-state index < -0.39 is 22.8 Å². The van der Waals surface area contributed by atoms with Crippen molar-refractivity contribution in [2.75, 3.05) is 52.5 Å². The van der Waals surface area contributed by atoms with Gasteiger partial charge < -0.3 is 24.8 Å². The largest absolute Gasteiger partial charge is 0.501 e. The van der Waals surface area contributed by atoms with Crippen molar-refractivity contribution in [3.05, 3.63) is 57.0 Å². The maximum atomic E-state index is 14.1. The molecule has 12 heteroatoms. The maximum absolute atomic E-state index is 14.1. The van der Waals surface area contributed by atoms with E-state index in [9.17, 15) is 23.9 Å². The van der Waals surface area contributed by atoms with Gasteiger partial charge in [-0.05, 0) is 29.7 Å². The minimum absolute atomic E-state index is 0.0652. The van der Waals surface area contributed by atoms with Gasteiger partial charge in [0.1, 0.15) is 17.2 Å². The van der Waals surface area contributed by atoms with Crippen LogP contribution in [-0.2, 0) is 39.4 Å². The molecule has 210 valence electrons. The van der Waals surface area contributed by atoms with Gasteiger partial charge >= 0.3 is 0 Å². The fraction of sp³-hybridized carbons (Fsp3) is 0.556. The lowest BCUT2D eigenvalue weighted by Crippen LogP contribution is -2.48. The molecule has 0 atom stereocenters. The van der Waals surface area contributed by atoms with Crippen LogP contribution in [0.2, 0.25) is 0 Å². The molecule has 1 aromatic heterocycles. The molecular weight excluding hydrogens is 509 g/mol. The molecule has 2 saturated heterocycles. The van der Waals surface area contributed by atoms with Crippen LogP contribution in [0.15, 0.2) is 23.0 Å². The van der Waals surface area contributed by atoms with Gasteiger partial charge in [0.2, 0.25) is 11.7 Å². The zero-order valence-corrected chi connectivity index (χ0v) is 22.1.